The second kappa shape index (κ2) is 6.05. The van der Waals surface area contributed by atoms with E-state index in [9.17, 15) is 4.79 Å². The molecule has 5 heteroatoms. The van der Waals surface area contributed by atoms with Crippen molar-refractivity contribution in [2.24, 2.45) is 23.5 Å². The van der Waals surface area contributed by atoms with Crippen LogP contribution in [0.1, 0.15) is 47.7 Å². The molecule has 1 amide bonds. The molecule has 21 heavy (non-hydrogen) atoms. The predicted molar refractivity (Wildman–Crippen MR) is 85.0 cm³/mol. The van der Waals surface area contributed by atoms with Crippen molar-refractivity contribution in [1.82, 2.24) is 10.3 Å². The third-order valence-electron chi connectivity index (χ3n) is 5.21. The zero-order chi connectivity index (χ0) is 15.0. The number of nitrogens with zero attached hydrogens (tertiary/aromatic N) is 1. The van der Waals surface area contributed by atoms with E-state index in [-0.39, 0.29) is 11.8 Å². The van der Waals surface area contributed by atoms with E-state index in [0.717, 1.165) is 23.5 Å². The molecule has 1 heterocycles. The molecule has 0 spiro atoms. The number of fused-ring (bicyclic) bond motifs is 2. The van der Waals surface area contributed by atoms with Crippen LogP contribution in [0.25, 0.3) is 0 Å². The fraction of sp³-hybridized carbons (Fsp3) is 0.750. The van der Waals surface area contributed by atoms with Crippen molar-refractivity contribution >= 4 is 17.2 Å². The average Bonchev–Trinajstić information content (AvgIpc) is 2.74. The summed E-state index contributed by atoms with van der Waals surface area (Å²) in [6, 6.07) is 0.328. The van der Waals surface area contributed by atoms with Crippen LogP contribution >= 0.6 is 11.3 Å². The summed E-state index contributed by atoms with van der Waals surface area (Å²) in [6.07, 6.45) is 5.65. The summed E-state index contributed by atoms with van der Waals surface area (Å²) in [5, 5.41) is 4.18. The highest BCUT2D eigenvalue weighted by Crippen LogP contribution is 2.41. The van der Waals surface area contributed by atoms with Crippen LogP contribution in [-0.2, 0) is 11.3 Å². The number of rotatable bonds is 3. The van der Waals surface area contributed by atoms with Gasteiger partial charge in [-0.05, 0) is 51.4 Å². The summed E-state index contributed by atoms with van der Waals surface area (Å²) in [5.41, 5.74) is 7.34. The number of aryl methyl sites for hydroxylation is 2. The van der Waals surface area contributed by atoms with Gasteiger partial charge < -0.3 is 11.1 Å². The fourth-order valence-electron chi connectivity index (χ4n) is 4.05. The van der Waals surface area contributed by atoms with Crippen LogP contribution in [0.5, 0.6) is 0 Å². The number of thiazole rings is 1. The van der Waals surface area contributed by atoms with E-state index in [2.05, 4.69) is 10.3 Å². The molecule has 3 N–H and O–H groups in total. The molecular formula is C16H25N3OS. The van der Waals surface area contributed by atoms with Gasteiger partial charge in [-0.1, -0.05) is 6.42 Å². The smallest absolute Gasteiger partial charge is 0.223 e. The summed E-state index contributed by atoms with van der Waals surface area (Å²) in [6.45, 7) is 4.63. The molecular weight excluding hydrogens is 282 g/mol. The van der Waals surface area contributed by atoms with Gasteiger partial charge in [0.2, 0.25) is 5.91 Å². The van der Waals surface area contributed by atoms with Crippen LogP contribution in [0.4, 0.5) is 0 Å². The molecule has 2 saturated carbocycles. The minimum atomic E-state index is 0.162. The molecule has 2 aliphatic carbocycles. The molecule has 3 rings (SSSR count). The molecule has 116 valence electrons. The number of aromatic nitrogens is 1. The topological polar surface area (TPSA) is 68.0 Å². The molecule has 2 fully saturated rings. The Labute approximate surface area is 130 Å². The Kier molecular flexibility index (Phi) is 4.31. The van der Waals surface area contributed by atoms with Crippen molar-refractivity contribution in [3.63, 3.8) is 0 Å². The van der Waals surface area contributed by atoms with E-state index >= 15 is 0 Å². The third-order valence-corrected chi connectivity index (χ3v) is 6.28. The van der Waals surface area contributed by atoms with Crippen LogP contribution in [0, 0.1) is 31.6 Å². The minimum absolute atomic E-state index is 0.162. The van der Waals surface area contributed by atoms with Crippen LogP contribution in [-0.4, -0.2) is 16.9 Å². The summed E-state index contributed by atoms with van der Waals surface area (Å²) in [4.78, 5) is 18.0. The van der Waals surface area contributed by atoms with Crippen molar-refractivity contribution in [3.05, 3.63) is 15.6 Å². The van der Waals surface area contributed by atoms with Crippen molar-refractivity contribution in [2.45, 2.75) is 58.5 Å². The Balaban J connectivity index is 1.57. The second-order valence-electron chi connectivity index (χ2n) is 6.66. The molecule has 1 aromatic heterocycles. The Morgan fingerprint density at radius 1 is 1.33 bits per heavy atom. The van der Waals surface area contributed by atoms with Crippen molar-refractivity contribution < 1.29 is 4.79 Å². The van der Waals surface area contributed by atoms with Gasteiger partial charge in [0.15, 0.2) is 0 Å². The lowest BCUT2D eigenvalue weighted by atomic mass is 9.65. The maximum absolute atomic E-state index is 12.5. The summed E-state index contributed by atoms with van der Waals surface area (Å²) in [5.74, 6) is 1.49. The van der Waals surface area contributed by atoms with Crippen LogP contribution < -0.4 is 11.1 Å². The molecule has 0 aliphatic heterocycles. The van der Waals surface area contributed by atoms with Crippen LogP contribution in [0.2, 0.25) is 0 Å². The molecule has 1 aromatic rings. The van der Waals surface area contributed by atoms with Crippen LogP contribution in [0.15, 0.2) is 0 Å². The molecule has 0 aromatic carbocycles. The molecule has 0 saturated heterocycles. The number of hydrogen-bond donors (Lipinski definition) is 2. The molecule has 2 aliphatic rings. The first-order valence-electron chi connectivity index (χ1n) is 8.00. The van der Waals surface area contributed by atoms with E-state index in [4.69, 9.17) is 5.73 Å². The molecule has 2 bridgehead atoms. The highest BCUT2D eigenvalue weighted by molar-refractivity contribution is 7.11. The largest absolute Gasteiger partial charge is 0.351 e. The lowest BCUT2D eigenvalue weighted by Gasteiger charge is -2.43. The van der Waals surface area contributed by atoms with Gasteiger partial charge in [0.05, 0.1) is 17.2 Å². The normalized spacial score (nSPS) is 32.0. The van der Waals surface area contributed by atoms with Crippen LogP contribution in [0.3, 0.4) is 0 Å². The number of carbonyl (C=O) groups excluding carboxylic acids is 1. The van der Waals surface area contributed by atoms with Gasteiger partial charge in [-0.2, -0.15) is 0 Å². The van der Waals surface area contributed by atoms with Crippen molar-refractivity contribution in [3.8, 4) is 0 Å². The predicted octanol–water partition coefficient (Wildman–Crippen LogP) is 2.53. The first-order chi connectivity index (χ1) is 10.0. The Bertz CT molecular complexity index is 514. The van der Waals surface area contributed by atoms with E-state index in [1.54, 1.807) is 11.3 Å². The van der Waals surface area contributed by atoms with Gasteiger partial charge in [0, 0.05) is 16.8 Å². The fourth-order valence-corrected chi connectivity index (χ4v) is 4.93. The molecule has 4 nitrogen and oxygen atoms in total. The first kappa shape index (κ1) is 15.0. The van der Waals surface area contributed by atoms with Gasteiger partial charge >= 0.3 is 0 Å². The monoisotopic (exact) mass is 307 g/mol. The standard InChI is InChI=1S/C16H25N3OS/c1-9-14(21-10(2)19-9)8-18-16(20)13-6-11-4-3-5-12(7-13)15(11)17/h11-13,15H,3-8,17H2,1-2H3,(H,18,20). The summed E-state index contributed by atoms with van der Waals surface area (Å²) < 4.78 is 0. The summed E-state index contributed by atoms with van der Waals surface area (Å²) >= 11 is 1.67. The number of amides is 1. The van der Waals surface area contributed by atoms with Gasteiger partial charge in [-0.15, -0.1) is 11.3 Å². The lowest BCUT2D eigenvalue weighted by molar-refractivity contribution is -0.128. The Morgan fingerprint density at radius 2 is 2.00 bits per heavy atom. The van der Waals surface area contributed by atoms with Crippen molar-refractivity contribution in [2.75, 3.05) is 0 Å². The highest BCUT2D eigenvalue weighted by Gasteiger charge is 2.40. The number of carbonyl (C=O) groups is 1. The maximum Gasteiger partial charge on any atom is 0.223 e. The van der Waals surface area contributed by atoms with E-state index in [0.29, 0.717) is 24.4 Å². The van der Waals surface area contributed by atoms with Gasteiger partial charge in [0.1, 0.15) is 0 Å². The quantitative estimate of drug-likeness (QED) is 0.901. The number of nitrogens with two attached hydrogens (primary N) is 1. The van der Waals surface area contributed by atoms with Gasteiger partial charge in [-0.3, -0.25) is 4.79 Å². The maximum atomic E-state index is 12.5. The van der Waals surface area contributed by atoms with E-state index in [1.165, 1.54) is 24.1 Å². The Hall–Kier alpha value is -0.940. The zero-order valence-corrected chi connectivity index (χ0v) is 13.7. The SMILES string of the molecule is Cc1nc(C)c(CNC(=O)C2CC3CCCC(C2)C3N)s1. The van der Waals surface area contributed by atoms with Crippen molar-refractivity contribution in [1.29, 1.82) is 0 Å². The average molecular weight is 307 g/mol. The zero-order valence-electron chi connectivity index (χ0n) is 12.9. The number of nitrogens with one attached hydrogen (secondary N) is 1. The van der Waals surface area contributed by atoms with E-state index in [1.807, 2.05) is 13.8 Å². The molecule has 0 radical (unpaired) electrons. The first-order valence-corrected chi connectivity index (χ1v) is 8.82. The highest BCUT2D eigenvalue weighted by atomic mass is 32.1. The lowest BCUT2D eigenvalue weighted by Crippen LogP contribution is -2.49. The molecule has 2 unspecified atom stereocenters. The third kappa shape index (κ3) is 3.14. The second-order valence-corrected chi connectivity index (χ2v) is 7.94. The molecule has 2 atom stereocenters. The minimum Gasteiger partial charge on any atom is -0.351 e. The van der Waals surface area contributed by atoms with Gasteiger partial charge in [0.25, 0.3) is 0 Å². The van der Waals surface area contributed by atoms with Gasteiger partial charge in [-0.25, -0.2) is 4.98 Å². The Morgan fingerprint density at radius 3 is 2.57 bits per heavy atom. The van der Waals surface area contributed by atoms with E-state index < -0.39 is 0 Å². The number of hydrogen-bond acceptors (Lipinski definition) is 4. The summed E-state index contributed by atoms with van der Waals surface area (Å²) in [7, 11) is 0.